The molecule has 2 aromatic heterocycles. The number of β-amino-alcohol motifs (C(OH)–C–C–N with tert-alkyl or cyclic N) is 1. The lowest BCUT2D eigenvalue weighted by Gasteiger charge is -2.38. The van der Waals surface area contributed by atoms with Crippen molar-refractivity contribution in [1.82, 2.24) is 20.0 Å². The van der Waals surface area contributed by atoms with Gasteiger partial charge in [0, 0.05) is 17.4 Å². The van der Waals surface area contributed by atoms with Crippen molar-refractivity contribution in [1.29, 1.82) is 0 Å². The molecule has 1 saturated heterocycles. The first-order valence-electron chi connectivity index (χ1n) is 8.52. The standard InChI is InChI=1S/C18H19FN4O3/c1-11-20-16(26-22-11)9-18(25)6-3-7-23(10-18)17(24)15-8-12-13(19)4-2-5-14(12)21-15/h2,4-5,8,21,25H,3,6-7,9-10H2,1H3. The summed E-state index contributed by atoms with van der Waals surface area (Å²) in [5, 5.41) is 15.0. The van der Waals surface area contributed by atoms with E-state index in [1.807, 2.05) is 0 Å². The van der Waals surface area contributed by atoms with Crippen LogP contribution in [0.4, 0.5) is 4.39 Å². The number of aromatic nitrogens is 3. The van der Waals surface area contributed by atoms with E-state index in [-0.39, 0.29) is 24.7 Å². The van der Waals surface area contributed by atoms with Crippen molar-refractivity contribution in [2.24, 2.45) is 0 Å². The average Bonchev–Trinajstić information content (AvgIpc) is 3.21. The van der Waals surface area contributed by atoms with Crippen molar-refractivity contribution in [3.8, 4) is 0 Å². The zero-order valence-electron chi connectivity index (χ0n) is 14.3. The number of benzene rings is 1. The summed E-state index contributed by atoms with van der Waals surface area (Å²) in [6, 6.07) is 6.19. The van der Waals surface area contributed by atoms with Crippen LogP contribution in [0.25, 0.3) is 10.9 Å². The molecule has 1 unspecified atom stereocenters. The van der Waals surface area contributed by atoms with Gasteiger partial charge in [0.05, 0.1) is 18.6 Å². The number of rotatable bonds is 3. The molecule has 136 valence electrons. The maximum Gasteiger partial charge on any atom is 0.270 e. The molecule has 3 aromatic rings. The average molecular weight is 358 g/mol. The second kappa shape index (κ2) is 6.21. The molecule has 1 fully saturated rings. The molecule has 1 atom stereocenters. The van der Waals surface area contributed by atoms with Crippen molar-refractivity contribution in [3.63, 3.8) is 0 Å². The summed E-state index contributed by atoms with van der Waals surface area (Å²) < 4.78 is 19.0. The van der Waals surface area contributed by atoms with Crippen molar-refractivity contribution < 1.29 is 18.8 Å². The van der Waals surface area contributed by atoms with Crippen LogP contribution in [0.2, 0.25) is 0 Å². The molecule has 0 spiro atoms. The number of nitrogens with zero attached hydrogens (tertiary/aromatic N) is 3. The summed E-state index contributed by atoms with van der Waals surface area (Å²) >= 11 is 0. The van der Waals surface area contributed by atoms with Crippen LogP contribution in [0.3, 0.4) is 0 Å². The highest BCUT2D eigenvalue weighted by Crippen LogP contribution is 2.27. The molecular formula is C18H19FN4O3. The Hall–Kier alpha value is -2.74. The van der Waals surface area contributed by atoms with Gasteiger partial charge in [0.25, 0.3) is 5.91 Å². The van der Waals surface area contributed by atoms with E-state index in [0.717, 1.165) is 0 Å². The minimum atomic E-state index is -1.12. The van der Waals surface area contributed by atoms with Gasteiger partial charge in [0.15, 0.2) is 5.82 Å². The summed E-state index contributed by atoms with van der Waals surface area (Å²) in [7, 11) is 0. The fourth-order valence-electron chi connectivity index (χ4n) is 3.53. The Balaban J connectivity index is 1.54. The molecular weight excluding hydrogens is 339 g/mol. The normalized spacial score (nSPS) is 20.7. The number of H-pyrrole nitrogens is 1. The first-order valence-corrected chi connectivity index (χ1v) is 8.52. The van der Waals surface area contributed by atoms with Gasteiger partial charge in [0.2, 0.25) is 5.89 Å². The molecule has 4 rings (SSSR count). The van der Waals surface area contributed by atoms with Crippen LogP contribution >= 0.6 is 0 Å². The summed E-state index contributed by atoms with van der Waals surface area (Å²) in [5.41, 5.74) is -0.241. The van der Waals surface area contributed by atoms with E-state index < -0.39 is 5.60 Å². The third kappa shape index (κ3) is 3.08. The number of carbonyl (C=O) groups is 1. The van der Waals surface area contributed by atoms with E-state index >= 15 is 0 Å². The fourth-order valence-corrected chi connectivity index (χ4v) is 3.53. The predicted molar refractivity (Wildman–Crippen MR) is 91.1 cm³/mol. The molecule has 0 aliphatic carbocycles. The number of hydrogen-bond acceptors (Lipinski definition) is 5. The second-order valence-corrected chi connectivity index (χ2v) is 6.85. The van der Waals surface area contributed by atoms with Gasteiger partial charge in [-0.2, -0.15) is 4.98 Å². The van der Waals surface area contributed by atoms with Gasteiger partial charge in [-0.05, 0) is 38.0 Å². The number of fused-ring (bicyclic) bond motifs is 1. The molecule has 0 bridgehead atoms. The maximum absolute atomic E-state index is 13.9. The molecule has 0 radical (unpaired) electrons. The number of aryl methyl sites for hydroxylation is 1. The van der Waals surface area contributed by atoms with Crippen LogP contribution in [0.15, 0.2) is 28.8 Å². The van der Waals surface area contributed by atoms with Crippen LogP contribution in [-0.2, 0) is 6.42 Å². The van der Waals surface area contributed by atoms with Crippen LogP contribution in [0, 0.1) is 12.7 Å². The lowest BCUT2D eigenvalue weighted by molar-refractivity contribution is -0.0287. The number of aromatic amines is 1. The summed E-state index contributed by atoms with van der Waals surface area (Å²) in [6.07, 6.45) is 1.39. The highest BCUT2D eigenvalue weighted by molar-refractivity contribution is 5.98. The van der Waals surface area contributed by atoms with Gasteiger partial charge in [-0.3, -0.25) is 4.79 Å². The topological polar surface area (TPSA) is 95.3 Å². The van der Waals surface area contributed by atoms with Gasteiger partial charge in [-0.1, -0.05) is 11.2 Å². The Morgan fingerprint density at radius 3 is 3.08 bits per heavy atom. The van der Waals surface area contributed by atoms with Gasteiger partial charge >= 0.3 is 0 Å². The first kappa shape index (κ1) is 16.7. The van der Waals surface area contributed by atoms with Crippen LogP contribution in [-0.4, -0.2) is 49.7 Å². The highest BCUT2D eigenvalue weighted by atomic mass is 19.1. The van der Waals surface area contributed by atoms with Crippen molar-refractivity contribution >= 4 is 16.8 Å². The SMILES string of the molecule is Cc1noc(CC2(O)CCCN(C(=O)c3cc4c(F)cccc4[nH]3)C2)n1. The third-order valence-electron chi connectivity index (χ3n) is 4.73. The predicted octanol–water partition coefficient (Wildman–Crippen LogP) is 2.21. The van der Waals surface area contributed by atoms with E-state index in [1.165, 1.54) is 12.1 Å². The van der Waals surface area contributed by atoms with E-state index in [0.29, 0.717) is 47.7 Å². The van der Waals surface area contributed by atoms with Gasteiger partial charge in [-0.25, -0.2) is 4.39 Å². The molecule has 1 aliphatic rings. The Morgan fingerprint density at radius 1 is 1.50 bits per heavy atom. The molecule has 1 amide bonds. The number of piperidine rings is 1. The van der Waals surface area contributed by atoms with Crippen LogP contribution in [0.1, 0.15) is 35.0 Å². The lowest BCUT2D eigenvalue weighted by atomic mass is 9.89. The number of halogens is 1. The number of aliphatic hydroxyl groups is 1. The molecule has 3 heterocycles. The zero-order valence-corrected chi connectivity index (χ0v) is 14.3. The number of carbonyl (C=O) groups excluding carboxylic acids is 1. The molecule has 2 N–H and O–H groups in total. The van der Waals surface area contributed by atoms with Gasteiger partial charge < -0.3 is 19.5 Å². The quantitative estimate of drug-likeness (QED) is 0.748. The van der Waals surface area contributed by atoms with Crippen LogP contribution in [0.5, 0.6) is 0 Å². The lowest BCUT2D eigenvalue weighted by Crippen LogP contribution is -2.51. The smallest absolute Gasteiger partial charge is 0.270 e. The molecule has 7 nitrogen and oxygen atoms in total. The Kier molecular flexibility index (Phi) is 3.99. The summed E-state index contributed by atoms with van der Waals surface area (Å²) in [4.78, 5) is 21.5. The van der Waals surface area contributed by atoms with Crippen molar-refractivity contribution in [2.45, 2.75) is 31.8 Å². The second-order valence-electron chi connectivity index (χ2n) is 6.85. The minimum absolute atomic E-state index is 0.158. The van der Waals surface area contributed by atoms with E-state index in [1.54, 1.807) is 24.0 Å². The Labute approximate surface area is 148 Å². The minimum Gasteiger partial charge on any atom is -0.388 e. The fraction of sp³-hybridized carbons (Fsp3) is 0.389. The number of likely N-dealkylation sites (tertiary alicyclic amines) is 1. The number of amides is 1. The monoisotopic (exact) mass is 358 g/mol. The van der Waals surface area contributed by atoms with Crippen molar-refractivity contribution in [3.05, 3.63) is 47.5 Å². The van der Waals surface area contributed by atoms with Crippen molar-refractivity contribution in [2.75, 3.05) is 13.1 Å². The van der Waals surface area contributed by atoms with Gasteiger partial charge in [-0.15, -0.1) is 0 Å². The molecule has 1 aromatic carbocycles. The first-order chi connectivity index (χ1) is 12.4. The summed E-state index contributed by atoms with van der Waals surface area (Å²) in [5.74, 6) is 0.222. The molecule has 0 saturated carbocycles. The summed E-state index contributed by atoms with van der Waals surface area (Å²) in [6.45, 7) is 2.40. The van der Waals surface area contributed by atoms with Gasteiger partial charge in [0.1, 0.15) is 11.5 Å². The van der Waals surface area contributed by atoms with E-state index in [4.69, 9.17) is 4.52 Å². The van der Waals surface area contributed by atoms with Crippen LogP contribution < -0.4 is 0 Å². The number of nitrogens with one attached hydrogen (secondary N) is 1. The largest absolute Gasteiger partial charge is 0.388 e. The number of hydrogen-bond donors (Lipinski definition) is 2. The highest BCUT2D eigenvalue weighted by Gasteiger charge is 2.37. The van der Waals surface area contributed by atoms with E-state index in [9.17, 15) is 14.3 Å². The maximum atomic E-state index is 13.9. The molecule has 8 heteroatoms. The Morgan fingerprint density at radius 2 is 2.35 bits per heavy atom. The Bertz CT molecular complexity index is 966. The molecule has 1 aliphatic heterocycles. The van der Waals surface area contributed by atoms with E-state index in [2.05, 4.69) is 15.1 Å². The molecule has 26 heavy (non-hydrogen) atoms. The zero-order chi connectivity index (χ0) is 18.3. The third-order valence-corrected chi connectivity index (χ3v) is 4.73.